The molecule has 1 aromatic rings. The fourth-order valence-corrected chi connectivity index (χ4v) is 3.66. The molecule has 0 radical (unpaired) electrons. The molecule has 0 unspecified atom stereocenters. The Morgan fingerprint density at radius 2 is 2.47 bits per heavy atom. The second-order valence-electron chi connectivity index (χ2n) is 5.40. The fraction of sp³-hybridized carbons (Fsp3) is 0.533. The summed E-state index contributed by atoms with van der Waals surface area (Å²) in [6, 6.07) is 4.02. The molecule has 3 nitrogen and oxygen atoms in total. The van der Waals surface area contributed by atoms with Crippen LogP contribution in [-0.4, -0.2) is 36.1 Å². The van der Waals surface area contributed by atoms with Crippen molar-refractivity contribution >= 4 is 23.3 Å². The van der Waals surface area contributed by atoms with Gasteiger partial charge in [-0.2, -0.15) is 0 Å². The van der Waals surface area contributed by atoms with E-state index in [9.17, 15) is 4.79 Å². The highest BCUT2D eigenvalue weighted by Gasteiger charge is 2.38. The molecule has 2 aliphatic rings. The molecule has 3 rings (SSSR count). The van der Waals surface area contributed by atoms with Gasteiger partial charge in [-0.25, -0.2) is 0 Å². The molecule has 2 fully saturated rings. The second-order valence-corrected chi connectivity index (χ2v) is 6.38. The predicted molar refractivity (Wildman–Crippen MR) is 77.0 cm³/mol. The van der Waals surface area contributed by atoms with Crippen LogP contribution in [0.1, 0.15) is 24.6 Å². The van der Waals surface area contributed by atoms with Gasteiger partial charge in [-0.05, 0) is 37.3 Å². The van der Waals surface area contributed by atoms with Gasteiger partial charge in [0.05, 0.1) is 12.2 Å². The van der Waals surface area contributed by atoms with Gasteiger partial charge >= 0.3 is 0 Å². The van der Waals surface area contributed by atoms with Crippen LogP contribution in [0.3, 0.4) is 0 Å². The van der Waals surface area contributed by atoms with E-state index in [-0.39, 0.29) is 5.91 Å². The van der Waals surface area contributed by atoms with Gasteiger partial charge in [-0.3, -0.25) is 4.79 Å². The van der Waals surface area contributed by atoms with Crippen molar-refractivity contribution in [1.82, 2.24) is 4.90 Å². The lowest BCUT2D eigenvalue weighted by Gasteiger charge is -2.33. The molecule has 3 heterocycles. The molecule has 4 heteroatoms. The highest BCUT2D eigenvalue weighted by molar-refractivity contribution is 7.10. The Labute approximate surface area is 117 Å². The van der Waals surface area contributed by atoms with Crippen molar-refractivity contribution in [3.63, 3.8) is 0 Å². The molecule has 19 heavy (non-hydrogen) atoms. The number of carbonyl (C=O) groups is 1. The van der Waals surface area contributed by atoms with Gasteiger partial charge in [0.15, 0.2) is 0 Å². The highest BCUT2D eigenvalue weighted by atomic mass is 32.1. The molecule has 1 amide bonds. The summed E-state index contributed by atoms with van der Waals surface area (Å²) in [4.78, 5) is 15.3. The van der Waals surface area contributed by atoms with Crippen LogP contribution in [0, 0.1) is 5.92 Å². The molecule has 2 aliphatic heterocycles. The minimum Gasteiger partial charge on any atom is -0.375 e. The Morgan fingerprint density at radius 1 is 1.58 bits per heavy atom. The summed E-state index contributed by atoms with van der Waals surface area (Å²) in [7, 11) is 0. The molecule has 0 aromatic carbocycles. The van der Waals surface area contributed by atoms with E-state index in [0.29, 0.717) is 18.1 Å². The summed E-state index contributed by atoms with van der Waals surface area (Å²) in [5.74, 6) is 0.661. The average molecular weight is 277 g/mol. The lowest BCUT2D eigenvalue weighted by atomic mass is 9.93. The molecule has 2 saturated heterocycles. The maximum Gasteiger partial charge on any atom is 0.246 e. The number of fused-ring (bicyclic) bond motifs is 1. The number of ether oxygens (including phenoxy) is 1. The van der Waals surface area contributed by atoms with Gasteiger partial charge < -0.3 is 9.64 Å². The zero-order valence-corrected chi connectivity index (χ0v) is 11.9. The van der Waals surface area contributed by atoms with Crippen LogP contribution in [0.25, 0.3) is 6.08 Å². The highest BCUT2D eigenvalue weighted by Crippen LogP contribution is 2.32. The number of amides is 1. The van der Waals surface area contributed by atoms with Crippen molar-refractivity contribution in [3.8, 4) is 0 Å². The first-order valence-corrected chi connectivity index (χ1v) is 7.76. The monoisotopic (exact) mass is 277 g/mol. The van der Waals surface area contributed by atoms with Gasteiger partial charge in [0.1, 0.15) is 0 Å². The minimum atomic E-state index is 0.131. The van der Waals surface area contributed by atoms with E-state index in [1.54, 1.807) is 17.4 Å². The largest absolute Gasteiger partial charge is 0.375 e. The molecule has 1 aromatic heterocycles. The van der Waals surface area contributed by atoms with Crippen LogP contribution >= 0.6 is 11.3 Å². The molecule has 0 N–H and O–H groups in total. The summed E-state index contributed by atoms with van der Waals surface area (Å²) in [5.41, 5.74) is 0. The number of thiophene rings is 1. The summed E-state index contributed by atoms with van der Waals surface area (Å²) >= 11 is 1.65. The Balaban J connectivity index is 1.59. The maximum absolute atomic E-state index is 12.2. The van der Waals surface area contributed by atoms with Crippen LogP contribution in [0.4, 0.5) is 0 Å². The molecule has 0 saturated carbocycles. The first-order chi connectivity index (χ1) is 9.22. The molecule has 3 atom stereocenters. The number of hydrogen-bond acceptors (Lipinski definition) is 3. The maximum atomic E-state index is 12.2. The van der Waals surface area contributed by atoms with Crippen LogP contribution in [0.2, 0.25) is 0 Å². The second kappa shape index (κ2) is 5.47. The topological polar surface area (TPSA) is 29.5 Å². The zero-order chi connectivity index (χ0) is 13.2. The fourth-order valence-electron chi connectivity index (χ4n) is 3.04. The zero-order valence-electron chi connectivity index (χ0n) is 11.1. The minimum absolute atomic E-state index is 0.131. The van der Waals surface area contributed by atoms with Crippen molar-refractivity contribution < 1.29 is 9.53 Å². The predicted octanol–water partition coefficient (Wildman–Crippen LogP) is 2.79. The summed E-state index contributed by atoms with van der Waals surface area (Å²) in [5, 5.41) is 2.02. The Kier molecular flexibility index (Phi) is 3.71. The molecule has 102 valence electrons. The molecule has 0 bridgehead atoms. The first kappa shape index (κ1) is 12.9. The van der Waals surface area contributed by atoms with Crippen molar-refractivity contribution in [2.24, 2.45) is 5.92 Å². The van der Waals surface area contributed by atoms with Gasteiger partial charge in [-0.15, -0.1) is 11.3 Å². The lowest BCUT2D eigenvalue weighted by Crippen LogP contribution is -2.43. The van der Waals surface area contributed by atoms with Crippen molar-refractivity contribution in [1.29, 1.82) is 0 Å². The number of piperidine rings is 1. The van der Waals surface area contributed by atoms with E-state index in [0.717, 1.165) is 30.8 Å². The Bertz CT molecular complexity index is 468. The SMILES string of the molecule is C[C@H]1C[C@H]2CN(C(=O)/C=C/c3cccs3)CC[C@@H]2O1. The van der Waals surface area contributed by atoms with E-state index in [4.69, 9.17) is 4.74 Å². The number of likely N-dealkylation sites (tertiary alicyclic amines) is 1. The number of rotatable bonds is 2. The number of hydrogen-bond donors (Lipinski definition) is 0. The lowest BCUT2D eigenvalue weighted by molar-refractivity contribution is -0.129. The molecular weight excluding hydrogens is 258 g/mol. The number of carbonyl (C=O) groups excluding carboxylic acids is 1. The van der Waals surface area contributed by atoms with E-state index in [1.165, 1.54) is 0 Å². The molecule has 0 aliphatic carbocycles. The number of nitrogens with zero attached hydrogens (tertiary/aromatic N) is 1. The van der Waals surface area contributed by atoms with E-state index in [2.05, 4.69) is 6.92 Å². The average Bonchev–Trinajstić information content (AvgIpc) is 3.02. The standard InChI is InChI=1S/C15H19NO2S/c1-11-9-12-10-16(7-6-14(12)18-11)15(17)5-4-13-3-2-8-19-13/h2-5,8,11-12,14H,6-7,9-10H2,1H3/b5-4+/t11-,12-,14-/m0/s1. The first-order valence-electron chi connectivity index (χ1n) is 6.88. The third kappa shape index (κ3) is 2.90. The summed E-state index contributed by atoms with van der Waals surface area (Å²) in [6.07, 6.45) is 6.40. The van der Waals surface area contributed by atoms with Gasteiger partial charge in [-0.1, -0.05) is 6.07 Å². The third-order valence-corrected chi connectivity index (χ3v) is 4.79. The van der Waals surface area contributed by atoms with Crippen molar-refractivity contribution in [3.05, 3.63) is 28.5 Å². The van der Waals surface area contributed by atoms with Crippen molar-refractivity contribution in [2.45, 2.75) is 32.0 Å². The molecular formula is C15H19NO2S. The van der Waals surface area contributed by atoms with E-state index >= 15 is 0 Å². The Hall–Kier alpha value is -1.13. The quantitative estimate of drug-likeness (QED) is 0.778. The smallest absolute Gasteiger partial charge is 0.246 e. The van der Waals surface area contributed by atoms with Crippen LogP contribution < -0.4 is 0 Å². The summed E-state index contributed by atoms with van der Waals surface area (Å²) < 4.78 is 5.86. The van der Waals surface area contributed by atoms with Crippen LogP contribution in [-0.2, 0) is 9.53 Å². The Morgan fingerprint density at radius 3 is 3.26 bits per heavy atom. The van der Waals surface area contributed by atoms with Crippen molar-refractivity contribution in [2.75, 3.05) is 13.1 Å². The van der Waals surface area contributed by atoms with E-state index < -0.39 is 0 Å². The third-order valence-electron chi connectivity index (χ3n) is 3.95. The summed E-state index contributed by atoms with van der Waals surface area (Å²) in [6.45, 7) is 3.80. The molecule has 0 spiro atoms. The van der Waals surface area contributed by atoms with Crippen LogP contribution in [0.5, 0.6) is 0 Å². The normalized spacial score (nSPS) is 30.8. The van der Waals surface area contributed by atoms with E-state index in [1.807, 2.05) is 28.5 Å². The van der Waals surface area contributed by atoms with Gasteiger partial charge in [0.2, 0.25) is 5.91 Å². The van der Waals surface area contributed by atoms with Gasteiger partial charge in [0, 0.05) is 30.0 Å². The van der Waals surface area contributed by atoms with Gasteiger partial charge in [0.25, 0.3) is 0 Å². The van der Waals surface area contributed by atoms with Crippen LogP contribution in [0.15, 0.2) is 23.6 Å².